The monoisotopic (exact) mass is 235 g/mol. The number of nitrogens with zero attached hydrogens (tertiary/aromatic N) is 1. The Morgan fingerprint density at radius 2 is 1.50 bits per heavy atom. The molecule has 0 radical (unpaired) electrons. The molecule has 0 aliphatic heterocycles. The highest BCUT2D eigenvalue weighted by atomic mass is 15.0. The maximum atomic E-state index is 2.34. The fourth-order valence-electron chi connectivity index (χ4n) is 2.48. The Kier molecular flexibility index (Phi) is 2.67. The number of fused-ring (bicyclic) bond motifs is 1. The van der Waals surface area contributed by atoms with Gasteiger partial charge >= 0.3 is 0 Å². The van der Waals surface area contributed by atoms with Crippen LogP contribution in [0.25, 0.3) is 22.0 Å². The standard InChI is InChI=1S/C17H17N/c1-13(2)18-12-16(14-8-4-3-5-9-14)15-10-6-7-11-17(15)18/h3-13H,1-2H3. The van der Waals surface area contributed by atoms with Gasteiger partial charge in [-0.05, 0) is 25.5 Å². The minimum Gasteiger partial charge on any atom is -0.344 e. The van der Waals surface area contributed by atoms with Gasteiger partial charge in [0.15, 0.2) is 0 Å². The minimum atomic E-state index is 0.479. The van der Waals surface area contributed by atoms with Gasteiger partial charge in [-0.3, -0.25) is 0 Å². The molecule has 0 unspecified atom stereocenters. The van der Waals surface area contributed by atoms with E-state index in [2.05, 4.69) is 79.2 Å². The van der Waals surface area contributed by atoms with Crippen molar-refractivity contribution in [2.45, 2.75) is 19.9 Å². The van der Waals surface area contributed by atoms with Gasteiger partial charge in [0.2, 0.25) is 0 Å². The molecule has 0 aliphatic rings. The van der Waals surface area contributed by atoms with Crippen LogP contribution in [0.4, 0.5) is 0 Å². The summed E-state index contributed by atoms with van der Waals surface area (Å²) in [6.45, 7) is 4.45. The molecular weight excluding hydrogens is 218 g/mol. The van der Waals surface area contributed by atoms with Crippen molar-refractivity contribution in [1.29, 1.82) is 0 Å². The largest absolute Gasteiger partial charge is 0.344 e. The van der Waals surface area contributed by atoms with Gasteiger partial charge in [-0.25, -0.2) is 0 Å². The molecule has 0 saturated carbocycles. The molecule has 1 heterocycles. The topological polar surface area (TPSA) is 4.93 Å². The highest BCUT2D eigenvalue weighted by Gasteiger charge is 2.10. The lowest BCUT2D eigenvalue weighted by atomic mass is 10.1. The average Bonchev–Trinajstić information content (AvgIpc) is 2.79. The number of aromatic nitrogens is 1. The second kappa shape index (κ2) is 4.34. The lowest BCUT2D eigenvalue weighted by Gasteiger charge is -2.08. The van der Waals surface area contributed by atoms with E-state index in [1.165, 1.54) is 22.0 Å². The van der Waals surface area contributed by atoms with Gasteiger partial charge in [-0.2, -0.15) is 0 Å². The molecule has 0 saturated heterocycles. The number of hydrogen-bond acceptors (Lipinski definition) is 0. The first-order valence-electron chi connectivity index (χ1n) is 6.42. The van der Waals surface area contributed by atoms with Crippen LogP contribution in [0.2, 0.25) is 0 Å². The molecule has 2 aromatic carbocycles. The summed E-state index contributed by atoms with van der Waals surface area (Å²) in [6.07, 6.45) is 2.27. The van der Waals surface area contributed by atoms with Crippen molar-refractivity contribution in [1.82, 2.24) is 4.57 Å². The number of para-hydroxylation sites is 1. The molecule has 0 spiro atoms. The molecular formula is C17H17N. The van der Waals surface area contributed by atoms with Crippen LogP contribution >= 0.6 is 0 Å². The van der Waals surface area contributed by atoms with Crippen molar-refractivity contribution >= 4 is 10.9 Å². The zero-order chi connectivity index (χ0) is 12.5. The van der Waals surface area contributed by atoms with Crippen LogP contribution in [-0.4, -0.2) is 4.57 Å². The second-order valence-electron chi connectivity index (χ2n) is 4.93. The van der Waals surface area contributed by atoms with Crippen LogP contribution in [0.3, 0.4) is 0 Å². The van der Waals surface area contributed by atoms with Gasteiger partial charge in [0.1, 0.15) is 0 Å². The predicted molar refractivity (Wildman–Crippen MR) is 77.8 cm³/mol. The van der Waals surface area contributed by atoms with Crippen LogP contribution in [0.15, 0.2) is 60.8 Å². The lowest BCUT2D eigenvalue weighted by molar-refractivity contribution is 0.623. The van der Waals surface area contributed by atoms with Crippen LogP contribution in [-0.2, 0) is 0 Å². The summed E-state index contributed by atoms with van der Waals surface area (Å²) < 4.78 is 2.34. The quantitative estimate of drug-likeness (QED) is 0.596. The van der Waals surface area contributed by atoms with E-state index < -0.39 is 0 Å². The van der Waals surface area contributed by atoms with E-state index in [0.29, 0.717) is 6.04 Å². The van der Waals surface area contributed by atoms with E-state index >= 15 is 0 Å². The molecule has 1 nitrogen and oxygen atoms in total. The SMILES string of the molecule is CC(C)n1cc(-c2ccccc2)c2ccccc21. The van der Waals surface area contributed by atoms with E-state index in [1.54, 1.807) is 0 Å². The third-order valence-corrected chi connectivity index (χ3v) is 3.38. The van der Waals surface area contributed by atoms with E-state index in [1.807, 2.05) is 0 Å². The Hall–Kier alpha value is -2.02. The Morgan fingerprint density at radius 3 is 2.22 bits per heavy atom. The van der Waals surface area contributed by atoms with E-state index in [4.69, 9.17) is 0 Å². The summed E-state index contributed by atoms with van der Waals surface area (Å²) >= 11 is 0. The third-order valence-electron chi connectivity index (χ3n) is 3.38. The van der Waals surface area contributed by atoms with E-state index in [-0.39, 0.29) is 0 Å². The molecule has 3 aromatic rings. The number of benzene rings is 2. The average molecular weight is 235 g/mol. The van der Waals surface area contributed by atoms with Crippen molar-refractivity contribution in [3.63, 3.8) is 0 Å². The van der Waals surface area contributed by atoms with Crippen molar-refractivity contribution in [2.24, 2.45) is 0 Å². The highest BCUT2D eigenvalue weighted by Crippen LogP contribution is 2.32. The zero-order valence-corrected chi connectivity index (χ0v) is 10.8. The molecule has 0 amide bonds. The molecule has 0 aliphatic carbocycles. The van der Waals surface area contributed by atoms with Crippen molar-refractivity contribution in [3.8, 4) is 11.1 Å². The molecule has 0 fully saturated rings. The number of hydrogen-bond donors (Lipinski definition) is 0. The first-order valence-corrected chi connectivity index (χ1v) is 6.42. The van der Waals surface area contributed by atoms with E-state index in [0.717, 1.165) is 0 Å². The maximum absolute atomic E-state index is 2.34. The van der Waals surface area contributed by atoms with Crippen molar-refractivity contribution in [3.05, 3.63) is 60.8 Å². The summed E-state index contributed by atoms with van der Waals surface area (Å²) in [5, 5.41) is 1.33. The van der Waals surface area contributed by atoms with Gasteiger partial charge in [0.25, 0.3) is 0 Å². The van der Waals surface area contributed by atoms with Gasteiger partial charge in [-0.1, -0.05) is 48.5 Å². The Morgan fingerprint density at radius 1 is 0.833 bits per heavy atom. The number of rotatable bonds is 2. The first-order chi connectivity index (χ1) is 8.77. The van der Waals surface area contributed by atoms with Crippen LogP contribution in [0.5, 0.6) is 0 Å². The zero-order valence-electron chi connectivity index (χ0n) is 10.8. The molecule has 90 valence electrons. The van der Waals surface area contributed by atoms with Gasteiger partial charge < -0.3 is 4.57 Å². The van der Waals surface area contributed by atoms with Crippen LogP contribution in [0, 0.1) is 0 Å². The first kappa shape index (κ1) is 11.1. The molecule has 3 rings (SSSR count). The smallest absolute Gasteiger partial charge is 0.0489 e. The molecule has 1 heteroatoms. The normalized spacial score (nSPS) is 11.3. The fourth-order valence-corrected chi connectivity index (χ4v) is 2.48. The predicted octanol–water partition coefficient (Wildman–Crippen LogP) is 4.89. The summed E-state index contributed by atoms with van der Waals surface area (Å²) in [5.41, 5.74) is 3.92. The van der Waals surface area contributed by atoms with Crippen LogP contribution in [0.1, 0.15) is 19.9 Å². The fraction of sp³-hybridized carbons (Fsp3) is 0.176. The van der Waals surface area contributed by atoms with Crippen molar-refractivity contribution in [2.75, 3.05) is 0 Å². The summed E-state index contributed by atoms with van der Waals surface area (Å²) in [6, 6.07) is 19.7. The molecule has 0 atom stereocenters. The Labute approximate surface area is 108 Å². The lowest BCUT2D eigenvalue weighted by Crippen LogP contribution is -1.97. The van der Waals surface area contributed by atoms with Gasteiger partial charge in [0.05, 0.1) is 0 Å². The highest BCUT2D eigenvalue weighted by molar-refractivity contribution is 5.96. The molecule has 0 N–H and O–H groups in total. The van der Waals surface area contributed by atoms with Crippen molar-refractivity contribution < 1.29 is 0 Å². The second-order valence-corrected chi connectivity index (χ2v) is 4.93. The van der Waals surface area contributed by atoms with E-state index in [9.17, 15) is 0 Å². The summed E-state index contributed by atoms with van der Waals surface area (Å²) in [4.78, 5) is 0. The minimum absolute atomic E-state index is 0.479. The molecule has 0 bridgehead atoms. The van der Waals surface area contributed by atoms with Gasteiger partial charge in [-0.15, -0.1) is 0 Å². The Balaban J connectivity index is 2.31. The van der Waals surface area contributed by atoms with Gasteiger partial charge in [0, 0.05) is 28.7 Å². The summed E-state index contributed by atoms with van der Waals surface area (Å²) in [5.74, 6) is 0. The molecule has 18 heavy (non-hydrogen) atoms. The molecule has 1 aromatic heterocycles. The summed E-state index contributed by atoms with van der Waals surface area (Å²) in [7, 11) is 0. The maximum Gasteiger partial charge on any atom is 0.0489 e. The van der Waals surface area contributed by atoms with Crippen LogP contribution < -0.4 is 0 Å². The Bertz CT molecular complexity index is 662. The third kappa shape index (κ3) is 1.72.